The Morgan fingerprint density at radius 1 is 1.48 bits per heavy atom. The molecule has 21 heavy (non-hydrogen) atoms. The molecule has 0 bridgehead atoms. The number of amides is 1. The molecule has 0 aromatic carbocycles. The highest BCUT2D eigenvalue weighted by Gasteiger charge is 2.28. The highest BCUT2D eigenvalue weighted by atomic mass is 32.1. The zero-order chi connectivity index (χ0) is 14.8. The topological polar surface area (TPSA) is 45.2 Å². The summed E-state index contributed by atoms with van der Waals surface area (Å²) in [5, 5.41) is 8.46. The number of nitrogens with zero attached hydrogens (tertiary/aromatic N) is 2. The van der Waals surface area contributed by atoms with Crippen LogP contribution < -0.4 is 5.32 Å². The van der Waals surface area contributed by atoms with E-state index in [9.17, 15) is 4.79 Å². The zero-order valence-electron chi connectivity index (χ0n) is 12.2. The Bertz CT molecular complexity index is 608. The van der Waals surface area contributed by atoms with Gasteiger partial charge in [0.25, 0.3) is 0 Å². The zero-order valence-corrected chi connectivity index (χ0v) is 13.8. The van der Waals surface area contributed by atoms with E-state index in [4.69, 9.17) is 0 Å². The summed E-state index contributed by atoms with van der Waals surface area (Å²) in [7, 11) is 0. The van der Waals surface area contributed by atoms with Gasteiger partial charge in [-0.3, -0.25) is 4.79 Å². The minimum absolute atomic E-state index is 0.180. The van der Waals surface area contributed by atoms with Crippen molar-refractivity contribution in [1.82, 2.24) is 15.2 Å². The van der Waals surface area contributed by atoms with Crippen LogP contribution in [0.2, 0.25) is 0 Å². The molecule has 112 valence electrons. The maximum absolute atomic E-state index is 12.5. The number of carbonyl (C=O) groups excluding carboxylic acids is 1. The summed E-state index contributed by atoms with van der Waals surface area (Å²) < 4.78 is 0. The number of thiazole rings is 1. The fraction of sp³-hybridized carbons (Fsp3) is 0.467. The van der Waals surface area contributed by atoms with Crippen molar-refractivity contribution in [2.24, 2.45) is 0 Å². The van der Waals surface area contributed by atoms with Gasteiger partial charge in [-0.1, -0.05) is 6.07 Å². The van der Waals surface area contributed by atoms with Crippen LogP contribution in [0.4, 0.5) is 0 Å². The minimum atomic E-state index is 0.180. The van der Waals surface area contributed by atoms with Crippen LogP contribution in [0.25, 0.3) is 9.88 Å². The Hall–Kier alpha value is -1.24. The summed E-state index contributed by atoms with van der Waals surface area (Å²) in [6.07, 6.45) is 0.402. The van der Waals surface area contributed by atoms with Gasteiger partial charge in [-0.15, -0.1) is 22.7 Å². The van der Waals surface area contributed by atoms with Crippen LogP contribution >= 0.6 is 22.7 Å². The maximum Gasteiger partial charge on any atom is 0.228 e. The van der Waals surface area contributed by atoms with Crippen molar-refractivity contribution >= 4 is 28.6 Å². The molecule has 0 radical (unpaired) electrons. The van der Waals surface area contributed by atoms with Crippen molar-refractivity contribution in [2.75, 3.05) is 13.1 Å². The van der Waals surface area contributed by atoms with Gasteiger partial charge in [-0.05, 0) is 25.3 Å². The summed E-state index contributed by atoms with van der Waals surface area (Å²) in [4.78, 5) is 20.2. The van der Waals surface area contributed by atoms with Crippen LogP contribution in [0.15, 0.2) is 22.9 Å². The number of rotatable bonds is 3. The molecule has 1 aliphatic rings. The van der Waals surface area contributed by atoms with Gasteiger partial charge in [-0.25, -0.2) is 4.98 Å². The van der Waals surface area contributed by atoms with E-state index in [1.807, 2.05) is 21.7 Å². The van der Waals surface area contributed by atoms with E-state index in [1.54, 1.807) is 22.7 Å². The predicted molar refractivity (Wildman–Crippen MR) is 87.8 cm³/mol. The van der Waals surface area contributed by atoms with Crippen molar-refractivity contribution < 1.29 is 4.79 Å². The number of carbonyl (C=O) groups is 1. The average molecular weight is 321 g/mol. The number of thiophene rings is 1. The second-order valence-electron chi connectivity index (χ2n) is 5.37. The van der Waals surface area contributed by atoms with Gasteiger partial charge >= 0.3 is 0 Å². The lowest BCUT2D eigenvalue weighted by molar-refractivity contribution is -0.134. The number of piperazine rings is 1. The van der Waals surface area contributed by atoms with E-state index >= 15 is 0 Å². The Labute approximate surface area is 132 Å². The van der Waals surface area contributed by atoms with E-state index in [0.717, 1.165) is 23.8 Å². The number of aromatic nitrogens is 1. The molecule has 2 unspecified atom stereocenters. The first-order valence-electron chi connectivity index (χ1n) is 7.16. The molecule has 2 aromatic heterocycles. The Kier molecular flexibility index (Phi) is 4.37. The van der Waals surface area contributed by atoms with Gasteiger partial charge in [0.1, 0.15) is 5.01 Å². The molecule has 1 N–H and O–H groups in total. The molecular formula is C15H19N3OS2. The van der Waals surface area contributed by atoms with Gasteiger partial charge in [0.15, 0.2) is 0 Å². The molecule has 1 amide bonds. The van der Waals surface area contributed by atoms with E-state index in [0.29, 0.717) is 12.5 Å². The number of hydrogen-bond acceptors (Lipinski definition) is 5. The molecule has 2 aromatic rings. The molecule has 1 saturated heterocycles. The fourth-order valence-corrected chi connectivity index (χ4v) is 4.20. The highest BCUT2D eigenvalue weighted by molar-refractivity contribution is 7.20. The van der Waals surface area contributed by atoms with Crippen LogP contribution in [-0.4, -0.2) is 41.0 Å². The highest BCUT2D eigenvalue weighted by Crippen LogP contribution is 2.28. The molecule has 4 nitrogen and oxygen atoms in total. The van der Waals surface area contributed by atoms with E-state index < -0.39 is 0 Å². The molecule has 3 rings (SSSR count). The lowest BCUT2D eigenvalue weighted by atomic mass is 10.1. The molecule has 0 spiro atoms. The lowest BCUT2D eigenvalue weighted by Gasteiger charge is -2.38. The SMILES string of the molecule is CC1NCCN(C(=O)Cc2csc(-c3cccs3)n2)C1C. The first-order valence-corrected chi connectivity index (χ1v) is 8.92. The van der Waals surface area contributed by atoms with Crippen LogP contribution in [0.1, 0.15) is 19.5 Å². The predicted octanol–water partition coefficient (Wildman–Crippen LogP) is 2.62. The smallest absolute Gasteiger partial charge is 0.228 e. The van der Waals surface area contributed by atoms with E-state index in [-0.39, 0.29) is 11.9 Å². The van der Waals surface area contributed by atoms with Crippen LogP contribution in [0.5, 0.6) is 0 Å². The number of hydrogen-bond donors (Lipinski definition) is 1. The van der Waals surface area contributed by atoms with Gasteiger partial charge in [0.2, 0.25) is 5.91 Å². The summed E-state index contributed by atoms with van der Waals surface area (Å²) in [6, 6.07) is 4.67. The normalized spacial score (nSPS) is 22.5. The van der Waals surface area contributed by atoms with Crippen LogP contribution in [-0.2, 0) is 11.2 Å². The van der Waals surface area contributed by atoms with Crippen molar-refractivity contribution in [3.8, 4) is 9.88 Å². The van der Waals surface area contributed by atoms with Crippen molar-refractivity contribution in [2.45, 2.75) is 32.4 Å². The Morgan fingerprint density at radius 3 is 3.10 bits per heavy atom. The maximum atomic E-state index is 12.5. The average Bonchev–Trinajstić information content (AvgIpc) is 3.12. The molecule has 2 atom stereocenters. The molecule has 0 saturated carbocycles. The first kappa shape index (κ1) is 14.7. The summed E-state index contributed by atoms with van der Waals surface area (Å²) in [6.45, 7) is 5.88. The monoisotopic (exact) mass is 321 g/mol. The lowest BCUT2D eigenvalue weighted by Crippen LogP contribution is -2.57. The largest absolute Gasteiger partial charge is 0.337 e. The van der Waals surface area contributed by atoms with Gasteiger partial charge in [-0.2, -0.15) is 0 Å². The Morgan fingerprint density at radius 2 is 2.33 bits per heavy atom. The molecule has 6 heteroatoms. The third-order valence-corrected chi connectivity index (χ3v) is 5.90. The summed E-state index contributed by atoms with van der Waals surface area (Å²) >= 11 is 3.29. The van der Waals surface area contributed by atoms with Gasteiger partial charge in [0.05, 0.1) is 17.0 Å². The third-order valence-electron chi connectivity index (χ3n) is 3.97. The molecule has 1 aliphatic heterocycles. The van der Waals surface area contributed by atoms with Crippen LogP contribution in [0.3, 0.4) is 0 Å². The molecule has 0 aliphatic carbocycles. The third kappa shape index (κ3) is 3.17. The van der Waals surface area contributed by atoms with Crippen molar-refractivity contribution in [3.63, 3.8) is 0 Å². The standard InChI is InChI=1S/C15H19N3OS2/c1-10-11(2)18(6-5-16-10)14(19)8-12-9-21-15(17-12)13-4-3-7-20-13/h3-4,7,9-11,16H,5-6,8H2,1-2H3. The molecular weight excluding hydrogens is 302 g/mol. The molecule has 3 heterocycles. The van der Waals surface area contributed by atoms with E-state index in [1.165, 1.54) is 4.88 Å². The second-order valence-corrected chi connectivity index (χ2v) is 7.17. The first-order chi connectivity index (χ1) is 10.1. The van der Waals surface area contributed by atoms with Crippen molar-refractivity contribution in [3.05, 3.63) is 28.6 Å². The van der Waals surface area contributed by atoms with E-state index in [2.05, 4.69) is 30.2 Å². The fourth-order valence-electron chi connectivity index (χ4n) is 2.57. The summed E-state index contributed by atoms with van der Waals surface area (Å²) in [5.41, 5.74) is 0.881. The summed E-state index contributed by atoms with van der Waals surface area (Å²) in [5.74, 6) is 0.180. The number of nitrogens with one attached hydrogen (secondary N) is 1. The molecule has 1 fully saturated rings. The van der Waals surface area contributed by atoms with Crippen molar-refractivity contribution in [1.29, 1.82) is 0 Å². The minimum Gasteiger partial charge on any atom is -0.337 e. The second kappa shape index (κ2) is 6.25. The van der Waals surface area contributed by atoms with Gasteiger partial charge in [0, 0.05) is 30.6 Å². The van der Waals surface area contributed by atoms with Gasteiger partial charge < -0.3 is 10.2 Å². The quantitative estimate of drug-likeness (QED) is 0.945. The Balaban J connectivity index is 1.67. The van der Waals surface area contributed by atoms with Crippen LogP contribution in [0, 0.1) is 0 Å².